The van der Waals surface area contributed by atoms with Crippen LogP contribution in [0.15, 0.2) is 43.1 Å². The summed E-state index contributed by atoms with van der Waals surface area (Å²) in [6, 6.07) is 8.69. The van der Waals surface area contributed by atoms with Gasteiger partial charge in [-0.1, -0.05) is 24.3 Å². The van der Waals surface area contributed by atoms with E-state index in [9.17, 15) is 0 Å². The summed E-state index contributed by atoms with van der Waals surface area (Å²) >= 11 is 0. The predicted octanol–water partition coefficient (Wildman–Crippen LogP) is 2.98. The third-order valence-corrected chi connectivity index (χ3v) is 3.25. The quantitative estimate of drug-likeness (QED) is 0.716. The van der Waals surface area contributed by atoms with Crippen LogP contribution in [-0.4, -0.2) is 4.57 Å². The van der Waals surface area contributed by atoms with E-state index < -0.39 is 0 Å². The molecule has 1 atom stereocenters. The van der Waals surface area contributed by atoms with E-state index in [1.165, 1.54) is 22.2 Å². The van der Waals surface area contributed by atoms with Crippen molar-refractivity contribution in [3.8, 4) is 0 Å². The van der Waals surface area contributed by atoms with Gasteiger partial charge in [-0.25, -0.2) is 0 Å². The van der Waals surface area contributed by atoms with Crippen molar-refractivity contribution in [3.63, 3.8) is 0 Å². The van der Waals surface area contributed by atoms with Crippen molar-refractivity contribution in [1.29, 1.82) is 0 Å². The lowest BCUT2D eigenvalue weighted by Crippen LogP contribution is -2.19. The van der Waals surface area contributed by atoms with Crippen molar-refractivity contribution < 1.29 is 0 Å². The number of hydrogen-bond acceptors (Lipinski definition) is 1. The van der Waals surface area contributed by atoms with Gasteiger partial charge in [-0.15, -0.1) is 6.58 Å². The van der Waals surface area contributed by atoms with Gasteiger partial charge in [0.15, 0.2) is 0 Å². The van der Waals surface area contributed by atoms with E-state index in [-0.39, 0.29) is 6.04 Å². The molecule has 0 bridgehead atoms. The summed E-state index contributed by atoms with van der Waals surface area (Å²) in [5.41, 5.74) is 3.87. The molecule has 1 aromatic carbocycles. The van der Waals surface area contributed by atoms with Crippen LogP contribution in [0.3, 0.4) is 0 Å². The molecule has 1 unspecified atom stereocenters. The first kappa shape index (κ1) is 9.28. The van der Waals surface area contributed by atoms with Crippen molar-refractivity contribution in [2.75, 3.05) is 0 Å². The molecule has 2 aromatic rings. The van der Waals surface area contributed by atoms with Crippen LogP contribution < -0.4 is 5.32 Å². The Morgan fingerprint density at radius 2 is 2.19 bits per heavy atom. The minimum absolute atomic E-state index is 0.206. The Kier molecular flexibility index (Phi) is 1.90. The second kappa shape index (κ2) is 3.27. The fourth-order valence-electron chi connectivity index (χ4n) is 2.49. The molecule has 16 heavy (non-hydrogen) atoms. The number of rotatable bonds is 1. The Morgan fingerprint density at radius 1 is 1.38 bits per heavy atom. The lowest BCUT2D eigenvalue weighted by molar-refractivity contribution is 0.684. The summed E-state index contributed by atoms with van der Waals surface area (Å²) in [5, 5.41) is 4.62. The van der Waals surface area contributed by atoms with E-state index in [1.54, 1.807) is 0 Å². The fraction of sp³-hybridized carbons (Fsp3) is 0.143. The van der Waals surface area contributed by atoms with Gasteiger partial charge in [0.25, 0.3) is 0 Å². The molecular weight excluding hydrogens is 196 g/mol. The molecule has 1 aliphatic heterocycles. The number of nitrogens with one attached hydrogen (secondary N) is 1. The maximum absolute atomic E-state index is 3.88. The normalized spacial score (nSPS) is 18.2. The molecule has 0 saturated carbocycles. The van der Waals surface area contributed by atoms with Gasteiger partial charge in [-0.2, -0.15) is 0 Å². The predicted molar refractivity (Wildman–Crippen MR) is 68.0 cm³/mol. The molecule has 2 nitrogen and oxygen atoms in total. The fourth-order valence-corrected chi connectivity index (χ4v) is 2.49. The highest BCUT2D eigenvalue weighted by Gasteiger charge is 2.20. The Morgan fingerprint density at radius 3 is 3.00 bits per heavy atom. The van der Waals surface area contributed by atoms with E-state index in [1.807, 2.05) is 12.3 Å². The van der Waals surface area contributed by atoms with Crippen LogP contribution in [0.1, 0.15) is 17.3 Å². The van der Waals surface area contributed by atoms with Gasteiger partial charge in [-0.3, -0.25) is 0 Å². The van der Waals surface area contributed by atoms with E-state index in [4.69, 9.17) is 0 Å². The maximum atomic E-state index is 3.88. The van der Waals surface area contributed by atoms with Gasteiger partial charge in [0, 0.05) is 23.5 Å². The Labute approximate surface area is 94.9 Å². The minimum atomic E-state index is 0.206. The van der Waals surface area contributed by atoms with Gasteiger partial charge in [0.2, 0.25) is 0 Å². The molecule has 0 radical (unpaired) electrons. The Balaban J connectivity index is 2.42. The summed E-state index contributed by atoms with van der Waals surface area (Å²) < 4.78 is 2.24. The molecule has 0 saturated heterocycles. The first-order chi connectivity index (χ1) is 7.83. The molecule has 80 valence electrons. The zero-order chi connectivity index (χ0) is 11.1. The van der Waals surface area contributed by atoms with Crippen LogP contribution in [0, 0.1) is 0 Å². The van der Waals surface area contributed by atoms with Gasteiger partial charge >= 0.3 is 0 Å². The first-order valence-electron chi connectivity index (χ1n) is 5.45. The molecule has 1 aromatic heterocycles. The highest BCUT2D eigenvalue weighted by atomic mass is 15.0. The van der Waals surface area contributed by atoms with Crippen LogP contribution >= 0.6 is 0 Å². The lowest BCUT2D eigenvalue weighted by atomic mass is 10.0. The zero-order valence-electron chi connectivity index (χ0n) is 9.27. The zero-order valence-corrected chi connectivity index (χ0v) is 9.27. The Bertz CT molecular complexity index is 590. The van der Waals surface area contributed by atoms with Crippen LogP contribution in [0.25, 0.3) is 17.0 Å². The number of aromatic nitrogens is 1. The summed E-state index contributed by atoms with van der Waals surface area (Å²) in [7, 11) is 2.11. The average Bonchev–Trinajstić information content (AvgIpc) is 2.64. The standard InChI is InChI=1S/C14H14N2/c1-3-12-14-11(8-9-15-12)10-6-4-5-7-13(10)16(14)2/h3-9,12,15H,1H2,2H3. The molecule has 1 aliphatic rings. The maximum Gasteiger partial charge on any atom is 0.0849 e. The molecular formula is C14H14N2. The number of para-hydroxylation sites is 1. The highest BCUT2D eigenvalue weighted by Crippen LogP contribution is 2.33. The molecule has 0 aliphatic carbocycles. The summed E-state index contributed by atoms with van der Waals surface area (Å²) in [6.45, 7) is 3.88. The van der Waals surface area contributed by atoms with Gasteiger partial charge in [0.05, 0.1) is 11.7 Å². The van der Waals surface area contributed by atoms with Crippen LogP contribution in [0.5, 0.6) is 0 Å². The lowest BCUT2D eigenvalue weighted by Gasteiger charge is -2.19. The van der Waals surface area contributed by atoms with Crippen molar-refractivity contribution in [1.82, 2.24) is 9.88 Å². The monoisotopic (exact) mass is 210 g/mol. The van der Waals surface area contributed by atoms with Gasteiger partial charge in [0.1, 0.15) is 0 Å². The largest absolute Gasteiger partial charge is 0.379 e. The SMILES string of the molecule is C=CC1NC=Cc2c1n(C)c1ccccc21. The van der Waals surface area contributed by atoms with E-state index in [2.05, 4.69) is 53.9 Å². The average molecular weight is 210 g/mol. The van der Waals surface area contributed by atoms with E-state index >= 15 is 0 Å². The molecule has 0 fully saturated rings. The summed E-state index contributed by atoms with van der Waals surface area (Å²) in [6.07, 6.45) is 6.08. The molecule has 3 rings (SSSR count). The van der Waals surface area contributed by atoms with Crippen LogP contribution in [-0.2, 0) is 7.05 Å². The minimum Gasteiger partial charge on any atom is -0.379 e. The Hall–Kier alpha value is -1.96. The number of fused-ring (bicyclic) bond motifs is 3. The number of hydrogen-bond donors (Lipinski definition) is 1. The van der Waals surface area contributed by atoms with Gasteiger partial charge < -0.3 is 9.88 Å². The smallest absolute Gasteiger partial charge is 0.0849 e. The van der Waals surface area contributed by atoms with Crippen LogP contribution in [0.2, 0.25) is 0 Å². The third-order valence-electron chi connectivity index (χ3n) is 3.25. The summed E-state index contributed by atoms with van der Waals surface area (Å²) in [5.74, 6) is 0. The van der Waals surface area contributed by atoms with Crippen molar-refractivity contribution in [2.45, 2.75) is 6.04 Å². The van der Waals surface area contributed by atoms with Crippen LogP contribution in [0.4, 0.5) is 0 Å². The summed E-state index contributed by atoms with van der Waals surface area (Å²) in [4.78, 5) is 0. The first-order valence-corrected chi connectivity index (χ1v) is 5.45. The van der Waals surface area contributed by atoms with Crippen molar-refractivity contribution in [3.05, 3.63) is 54.4 Å². The van der Waals surface area contributed by atoms with E-state index in [0.29, 0.717) is 0 Å². The van der Waals surface area contributed by atoms with Crippen molar-refractivity contribution in [2.24, 2.45) is 7.05 Å². The molecule has 1 N–H and O–H groups in total. The molecule has 0 amide bonds. The number of benzene rings is 1. The van der Waals surface area contributed by atoms with E-state index in [0.717, 1.165) is 0 Å². The number of nitrogens with zero attached hydrogens (tertiary/aromatic N) is 1. The molecule has 2 heterocycles. The molecule has 2 heteroatoms. The topological polar surface area (TPSA) is 17.0 Å². The molecule has 0 spiro atoms. The van der Waals surface area contributed by atoms with Gasteiger partial charge in [-0.05, 0) is 18.3 Å². The van der Waals surface area contributed by atoms with Crippen molar-refractivity contribution >= 4 is 17.0 Å². The second-order valence-electron chi connectivity index (χ2n) is 4.09. The number of aryl methyl sites for hydroxylation is 1. The third kappa shape index (κ3) is 1.07. The highest BCUT2D eigenvalue weighted by molar-refractivity contribution is 5.92. The second-order valence-corrected chi connectivity index (χ2v) is 4.09.